The second-order valence-corrected chi connectivity index (χ2v) is 8.53. The summed E-state index contributed by atoms with van der Waals surface area (Å²) in [6.07, 6.45) is 2.05. The monoisotopic (exact) mass is 455 g/mol. The SMILES string of the molecule is CC(OC(=O)CN1C(=O)NC2(CCCCC2C)C1=O)C(=O)Nc1ccc(Cl)cc1Cl. The first kappa shape index (κ1) is 22.4. The summed E-state index contributed by atoms with van der Waals surface area (Å²) in [6, 6.07) is 3.93. The highest BCUT2D eigenvalue weighted by molar-refractivity contribution is 6.36. The predicted octanol–water partition coefficient (Wildman–Crippen LogP) is 3.36. The number of rotatable bonds is 5. The van der Waals surface area contributed by atoms with Gasteiger partial charge in [-0.1, -0.05) is 43.0 Å². The minimum atomic E-state index is -1.16. The molecule has 1 spiro atoms. The highest BCUT2D eigenvalue weighted by Crippen LogP contribution is 2.38. The van der Waals surface area contributed by atoms with Gasteiger partial charge in [0.25, 0.3) is 11.8 Å². The molecule has 1 aromatic carbocycles. The van der Waals surface area contributed by atoms with E-state index in [0.29, 0.717) is 17.1 Å². The van der Waals surface area contributed by atoms with Crippen molar-refractivity contribution in [3.05, 3.63) is 28.2 Å². The lowest BCUT2D eigenvalue weighted by Gasteiger charge is -2.36. The molecule has 1 aliphatic heterocycles. The fourth-order valence-electron chi connectivity index (χ4n) is 3.88. The molecular formula is C20H23Cl2N3O5. The Balaban J connectivity index is 1.58. The van der Waals surface area contributed by atoms with Crippen LogP contribution in [-0.4, -0.2) is 46.9 Å². The van der Waals surface area contributed by atoms with E-state index in [1.54, 1.807) is 6.07 Å². The van der Waals surface area contributed by atoms with Crippen molar-refractivity contribution in [2.75, 3.05) is 11.9 Å². The number of hydrogen-bond acceptors (Lipinski definition) is 5. The number of ether oxygens (including phenoxy) is 1. The van der Waals surface area contributed by atoms with Gasteiger partial charge in [-0.25, -0.2) is 4.79 Å². The second kappa shape index (κ2) is 8.81. The molecule has 2 aliphatic rings. The Morgan fingerprint density at radius 1 is 1.33 bits per heavy atom. The van der Waals surface area contributed by atoms with Crippen molar-refractivity contribution in [3.8, 4) is 0 Å². The summed E-state index contributed by atoms with van der Waals surface area (Å²) in [5.41, 5.74) is -0.638. The van der Waals surface area contributed by atoms with Crippen LogP contribution in [0.3, 0.4) is 0 Å². The van der Waals surface area contributed by atoms with E-state index in [4.69, 9.17) is 27.9 Å². The lowest BCUT2D eigenvalue weighted by atomic mass is 9.73. The van der Waals surface area contributed by atoms with Gasteiger partial charge in [-0.2, -0.15) is 0 Å². The molecule has 1 aliphatic carbocycles. The van der Waals surface area contributed by atoms with Gasteiger partial charge in [0.05, 0.1) is 10.7 Å². The summed E-state index contributed by atoms with van der Waals surface area (Å²) in [5, 5.41) is 5.96. The predicted molar refractivity (Wildman–Crippen MR) is 111 cm³/mol. The molecule has 1 aromatic rings. The van der Waals surface area contributed by atoms with Crippen molar-refractivity contribution in [2.45, 2.75) is 51.2 Å². The molecule has 2 N–H and O–H groups in total. The highest BCUT2D eigenvalue weighted by atomic mass is 35.5. The zero-order valence-corrected chi connectivity index (χ0v) is 18.2. The first-order valence-electron chi connectivity index (χ1n) is 9.73. The fraction of sp³-hybridized carbons (Fsp3) is 0.500. The molecule has 1 saturated heterocycles. The van der Waals surface area contributed by atoms with Crippen molar-refractivity contribution in [3.63, 3.8) is 0 Å². The van der Waals surface area contributed by atoms with Crippen molar-refractivity contribution in [1.82, 2.24) is 10.2 Å². The maximum atomic E-state index is 12.9. The number of halogens is 2. The molecular weight excluding hydrogens is 433 g/mol. The zero-order valence-electron chi connectivity index (χ0n) is 16.7. The van der Waals surface area contributed by atoms with Crippen LogP contribution >= 0.6 is 23.2 Å². The number of anilines is 1. The van der Waals surface area contributed by atoms with E-state index in [0.717, 1.165) is 24.2 Å². The second-order valence-electron chi connectivity index (χ2n) is 7.69. The number of nitrogens with one attached hydrogen (secondary N) is 2. The van der Waals surface area contributed by atoms with Gasteiger partial charge < -0.3 is 15.4 Å². The maximum absolute atomic E-state index is 12.9. The topological polar surface area (TPSA) is 105 Å². The molecule has 3 rings (SSSR count). The van der Waals surface area contributed by atoms with Crippen molar-refractivity contribution in [1.29, 1.82) is 0 Å². The Bertz CT molecular complexity index is 893. The summed E-state index contributed by atoms with van der Waals surface area (Å²) in [7, 11) is 0. The van der Waals surface area contributed by atoms with E-state index in [1.807, 2.05) is 6.92 Å². The average Bonchev–Trinajstić information content (AvgIpc) is 2.91. The Labute approximate surface area is 184 Å². The normalized spacial score (nSPS) is 24.5. The fourth-order valence-corrected chi connectivity index (χ4v) is 4.34. The van der Waals surface area contributed by atoms with Gasteiger partial charge >= 0.3 is 12.0 Å². The highest BCUT2D eigenvalue weighted by Gasteiger charge is 2.55. The summed E-state index contributed by atoms with van der Waals surface area (Å²) in [4.78, 5) is 50.7. The van der Waals surface area contributed by atoms with E-state index < -0.39 is 42.0 Å². The van der Waals surface area contributed by atoms with Gasteiger partial charge in [0.1, 0.15) is 12.1 Å². The molecule has 0 aromatic heterocycles. The number of amides is 4. The lowest BCUT2D eigenvalue weighted by Crippen LogP contribution is -2.54. The number of imide groups is 1. The van der Waals surface area contributed by atoms with Gasteiger partial charge in [-0.15, -0.1) is 0 Å². The number of urea groups is 1. The Hall–Kier alpha value is -2.32. The minimum absolute atomic E-state index is 0.0162. The number of carbonyl (C=O) groups excluding carboxylic acids is 4. The largest absolute Gasteiger partial charge is 0.451 e. The quantitative estimate of drug-likeness (QED) is 0.522. The molecule has 8 nitrogen and oxygen atoms in total. The van der Waals surface area contributed by atoms with Crippen LogP contribution < -0.4 is 10.6 Å². The molecule has 1 saturated carbocycles. The molecule has 4 amide bonds. The number of carbonyl (C=O) groups is 4. The van der Waals surface area contributed by atoms with Crippen LogP contribution in [-0.2, 0) is 19.1 Å². The Morgan fingerprint density at radius 3 is 2.73 bits per heavy atom. The number of esters is 1. The van der Waals surface area contributed by atoms with E-state index in [-0.39, 0.29) is 10.9 Å². The van der Waals surface area contributed by atoms with Gasteiger partial charge in [0, 0.05) is 5.02 Å². The van der Waals surface area contributed by atoms with Crippen LogP contribution in [0, 0.1) is 5.92 Å². The van der Waals surface area contributed by atoms with Gasteiger partial charge in [-0.3, -0.25) is 19.3 Å². The molecule has 10 heteroatoms. The number of nitrogens with zero attached hydrogens (tertiary/aromatic N) is 1. The van der Waals surface area contributed by atoms with Gasteiger partial charge in [0.15, 0.2) is 6.10 Å². The standard InChI is InChI=1S/C20H23Cl2N3O5/c1-11-5-3-4-8-20(11)18(28)25(19(29)24-20)10-16(26)30-12(2)17(27)23-15-7-6-13(21)9-14(15)22/h6-7,9,11-12H,3-5,8,10H2,1-2H3,(H,23,27)(H,24,29). The third-order valence-electron chi connectivity index (χ3n) is 5.66. The van der Waals surface area contributed by atoms with E-state index in [2.05, 4.69) is 10.6 Å². The zero-order chi connectivity index (χ0) is 22.1. The molecule has 3 atom stereocenters. The minimum Gasteiger partial charge on any atom is -0.451 e. The van der Waals surface area contributed by atoms with E-state index in [1.165, 1.54) is 19.1 Å². The molecule has 0 bridgehead atoms. The van der Waals surface area contributed by atoms with Crippen LogP contribution in [0.25, 0.3) is 0 Å². The van der Waals surface area contributed by atoms with Crippen molar-refractivity contribution < 1.29 is 23.9 Å². The summed E-state index contributed by atoms with van der Waals surface area (Å²) < 4.78 is 5.12. The molecule has 1 heterocycles. The molecule has 3 unspecified atom stereocenters. The smallest absolute Gasteiger partial charge is 0.327 e. The van der Waals surface area contributed by atoms with E-state index >= 15 is 0 Å². The van der Waals surface area contributed by atoms with Crippen molar-refractivity contribution >= 4 is 52.7 Å². The summed E-state index contributed by atoms with van der Waals surface area (Å²) >= 11 is 11.8. The van der Waals surface area contributed by atoms with Gasteiger partial charge in [-0.05, 0) is 43.9 Å². The first-order valence-corrected chi connectivity index (χ1v) is 10.5. The average molecular weight is 456 g/mol. The molecule has 0 radical (unpaired) electrons. The Kier molecular flexibility index (Phi) is 6.57. The Morgan fingerprint density at radius 2 is 2.07 bits per heavy atom. The van der Waals surface area contributed by atoms with Crippen LogP contribution in [0.5, 0.6) is 0 Å². The number of benzene rings is 1. The molecule has 2 fully saturated rings. The third kappa shape index (κ3) is 4.39. The lowest BCUT2D eigenvalue weighted by molar-refractivity contribution is -0.155. The molecule has 162 valence electrons. The number of hydrogen-bond donors (Lipinski definition) is 2. The van der Waals surface area contributed by atoms with Crippen LogP contribution in [0.4, 0.5) is 10.5 Å². The van der Waals surface area contributed by atoms with Crippen LogP contribution in [0.15, 0.2) is 18.2 Å². The maximum Gasteiger partial charge on any atom is 0.327 e. The first-order chi connectivity index (χ1) is 14.1. The van der Waals surface area contributed by atoms with Crippen LogP contribution in [0.2, 0.25) is 10.0 Å². The summed E-state index contributed by atoms with van der Waals surface area (Å²) in [5.74, 6) is -1.90. The molecule has 30 heavy (non-hydrogen) atoms. The summed E-state index contributed by atoms with van der Waals surface area (Å²) in [6.45, 7) is 2.75. The van der Waals surface area contributed by atoms with E-state index in [9.17, 15) is 19.2 Å². The van der Waals surface area contributed by atoms with Crippen molar-refractivity contribution in [2.24, 2.45) is 5.92 Å². The van der Waals surface area contributed by atoms with Crippen LogP contribution in [0.1, 0.15) is 39.5 Å². The van der Waals surface area contributed by atoms with Gasteiger partial charge in [0.2, 0.25) is 0 Å². The third-order valence-corrected chi connectivity index (χ3v) is 6.20.